The van der Waals surface area contributed by atoms with E-state index in [2.05, 4.69) is 50.0 Å². The molecule has 10 heavy (non-hydrogen) atoms. The van der Waals surface area contributed by atoms with Crippen molar-refractivity contribution in [3.63, 3.8) is 0 Å². The summed E-state index contributed by atoms with van der Waals surface area (Å²) in [7, 11) is 0. The lowest BCUT2D eigenvalue weighted by atomic mass is 10.2. The van der Waals surface area contributed by atoms with Crippen LogP contribution in [0.15, 0.2) is 24.3 Å². The lowest BCUT2D eigenvalue weighted by Crippen LogP contribution is -1.87. The third-order valence-electron chi connectivity index (χ3n) is 1.47. The van der Waals surface area contributed by atoms with E-state index in [1.807, 2.05) is 0 Å². The van der Waals surface area contributed by atoms with Crippen molar-refractivity contribution < 1.29 is 0 Å². The molecule has 0 heterocycles. The molecule has 0 saturated carbocycles. The first kappa shape index (κ1) is 8.81. The molecule has 0 aliphatic heterocycles. The first-order valence-corrected chi connectivity index (χ1v) is 9.55. The van der Waals surface area contributed by atoms with Crippen LogP contribution in [-0.4, -0.2) is 16.5 Å². The normalized spacial score (nSPS) is 9.00. The minimum absolute atomic E-state index is 0.170. The van der Waals surface area contributed by atoms with Crippen LogP contribution in [0.5, 0.6) is 0 Å². The molecule has 0 aliphatic rings. The molecule has 0 nitrogen and oxygen atoms in total. The van der Waals surface area contributed by atoms with Gasteiger partial charge in [-0.25, -0.2) is 0 Å². The summed E-state index contributed by atoms with van der Waals surface area (Å²) in [5.41, 5.74) is 2.90. The average molecular weight is 256 g/mol. The van der Waals surface area contributed by atoms with E-state index in [0.717, 1.165) is 0 Å². The molecule has 0 spiro atoms. The fourth-order valence-corrected chi connectivity index (χ4v) is 3.37. The molecule has 0 aromatic heterocycles. The number of halogens is 1. The van der Waals surface area contributed by atoms with Gasteiger partial charge in [-0.2, -0.15) is 0 Å². The smallest absolute Gasteiger partial charge is 0.301 e. The SMILES string of the molecule is Cc1cccc([CH2][Mg][I])c1. The lowest BCUT2D eigenvalue weighted by molar-refractivity contribution is 1.34. The maximum absolute atomic E-state index is 2.54. The fraction of sp³-hybridized carbons (Fsp3) is 0.250. The standard InChI is InChI=1S/C8H9.HI.Mg/c1-7-4-3-5-8(2)6-7;;/h3-6H,1H2,2H3;1H;/q;;+1/p-1. The second-order valence-electron chi connectivity index (χ2n) is 2.43. The Hall–Kier alpha value is 0.716. The van der Waals surface area contributed by atoms with Crippen molar-refractivity contribution in [2.45, 2.75) is 11.5 Å². The van der Waals surface area contributed by atoms with Crippen LogP contribution in [0.4, 0.5) is 0 Å². The molecule has 1 rings (SSSR count). The van der Waals surface area contributed by atoms with Crippen LogP contribution in [-0.2, 0) is 4.55 Å². The van der Waals surface area contributed by atoms with Gasteiger partial charge >= 0.3 is 16.5 Å². The van der Waals surface area contributed by atoms with Crippen molar-refractivity contribution in [1.29, 1.82) is 0 Å². The average Bonchev–Trinajstić information content (AvgIpc) is 1.88. The summed E-state index contributed by atoms with van der Waals surface area (Å²) in [6.45, 7) is 2.15. The monoisotopic (exact) mass is 256 g/mol. The van der Waals surface area contributed by atoms with Gasteiger partial charge in [0, 0.05) is 0 Å². The van der Waals surface area contributed by atoms with Crippen LogP contribution in [0, 0.1) is 6.92 Å². The van der Waals surface area contributed by atoms with Crippen LogP contribution in [0.25, 0.3) is 0 Å². The zero-order valence-corrected chi connectivity index (χ0v) is 9.67. The van der Waals surface area contributed by atoms with E-state index < -0.39 is 0 Å². The van der Waals surface area contributed by atoms with E-state index in [-0.39, 0.29) is 16.5 Å². The highest BCUT2D eigenvalue weighted by atomic mass is 127. The van der Waals surface area contributed by atoms with E-state index in [1.165, 1.54) is 15.7 Å². The zero-order valence-electron chi connectivity index (χ0n) is 6.10. The summed E-state index contributed by atoms with van der Waals surface area (Å²) in [6, 6.07) is 8.80. The first-order valence-electron chi connectivity index (χ1n) is 3.44. The Kier molecular flexibility index (Phi) is 4.02. The van der Waals surface area contributed by atoms with Gasteiger partial charge in [0.05, 0.1) is 0 Å². The minimum atomic E-state index is 0.170. The molecule has 2 heteroatoms. The molecule has 0 fully saturated rings. The quantitative estimate of drug-likeness (QED) is 0.563. The highest BCUT2D eigenvalue weighted by Crippen LogP contribution is 2.04. The van der Waals surface area contributed by atoms with Crippen molar-refractivity contribution in [2.75, 3.05) is 0 Å². The van der Waals surface area contributed by atoms with Gasteiger partial charge in [-0.15, -0.1) is 4.55 Å². The Morgan fingerprint density at radius 1 is 1.50 bits per heavy atom. The number of aryl methyl sites for hydroxylation is 1. The second kappa shape index (κ2) is 4.56. The molecule has 0 unspecified atom stereocenters. The van der Waals surface area contributed by atoms with E-state index in [1.54, 1.807) is 0 Å². The zero-order chi connectivity index (χ0) is 7.40. The molecule has 1 aromatic rings. The summed E-state index contributed by atoms with van der Waals surface area (Å²) in [4.78, 5) is 0. The largest absolute Gasteiger partial charge is 0.468 e. The minimum Gasteiger partial charge on any atom is -0.301 e. The van der Waals surface area contributed by atoms with Crippen molar-refractivity contribution in [3.8, 4) is 0 Å². The third-order valence-corrected chi connectivity index (χ3v) is 3.85. The predicted octanol–water partition coefficient (Wildman–Crippen LogP) is 2.55. The van der Waals surface area contributed by atoms with Crippen LogP contribution in [0.2, 0.25) is 0 Å². The van der Waals surface area contributed by atoms with Gasteiger partial charge in [-0.1, -0.05) is 35.4 Å². The van der Waals surface area contributed by atoms with Crippen molar-refractivity contribution in [3.05, 3.63) is 35.4 Å². The highest BCUT2D eigenvalue weighted by Gasteiger charge is 1.93. The molecule has 1 aromatic carbocycles. The van der Waals surface area contributed by atoms with Gasteiger partial charge in [0.1, 0.15) is 0 Å². The fourth-order valence-electron chi connectivity index (χ4n) is 0.977. The highest BCUT2D eigenvalue weighted by molar-refractivity contribution is 14.1. The van der Waals surface area contributed by atoms with Crippen molar-refractivity contribution in [2.24, 2.45) is 0 Å². The molecular formula is C8H9IMg. The molecule has 0 N–H and O–H groups in total. The van der Waals surface area contributed by atoms with Crippen LogP contribution in [0.1, 0.15) is 11.1 Å². The molecular weight excluding hydrogens is 247 g/mol. The van der Waals surface area contributed by atoms with Crippen molar-refractivity contribution >= 4 is 35.3 Å². The molecule has 0 aliphatic carbocycles. The Morgan fingerprint density at radius 3 is 2.90 bits per heavy atom. The van der Waals surface area contributed by atoms with Crippen LogP contribution >= 0.6 is 18.9 Å². The molecule has 0 radical (unpaired) electrons. The van der Waals surface area contributed by atoms with E-state index in [4.69, 9.17) is 0 Å². The van der Waals surface area contributed by atoms with Gasteiger partial charge in [0.2, 0.25) is 0 Å². The topological polar surface area (TPSA) is 0 Å². The Labute approximate surface area is 81.5 Å². The second-order valence-corrected chi connectivity index (χ2v) is 6.54. The van der Waals surface area contributed by atoms with E-state index >= 15 is 0 Å². The Morgan fingerprint density at radius 2 is 2.30 bits per heavy atom. The lowest BCUT2D eigenvalue weighted by Gasteiger charge is -1.97. The van der Waals surface area contributed by atoms with E-state index in [0.29, 0.717) is 0 Å². The van der Waals surface area contributed by atoms with Crippen LogP contribution in [0.3, 0.4) is 0 Å². The molecule has 0 amide bonds. The summed E-state index contributed by atoms with van der Waals surface area (Å²) in [6.07, 6.45) is 0. The molecule has 50 valence electrons. The summed E-state index contributed by atoms with van der Waals surface area (Å²) < 4.78 is 1.34. The first-order chi connectivity index (χ1) is 4.83. The predicted molar refractivity (Wildman–Crippen MR) is 54.7 cm³/mol. The van der Waals surface area contributed by atoms with Crippen molar-refractivity contribution in [1.82, 2.24) is 0 Å². The molecule has 0 saturated heterocycles. The Balaban J connectivity index is 2.75. The number of rotatable bonds is 2. The van der Waals surface area contributed by atoms with Gasteiger partial charge in [0.25, 0.3) is 0 Å². The number of hydrogen-bond acceptors (Lipinski definition) is 0. The molecule has 0 atom stereocenters. The van der Waals surface area contributed by atoms with Crippen LogP contribution < -0.4 is 0 Å². The van der Waals surface area contributed by atoms with Gasteiger partial charge in [-0.3, -0.25) is 0 Å². The third kappa shape index (κ3) is 2.76. The maximum Gasteiger partial charge on any atom is 0.468 e. The number of benzene rings is 1. The number of hydrogen-bond donors (Lipinski definition) is 0. The van der Waals surface area contributed by atoms with Gasteiger partial charge in [0.15, 0.2) is 0 Å². The van der Waals surface area contributed by atoms with Gasteiger partial charge < -0.3 is 18.9 Å². The summed E-state index contributed by atoms with van der Waals surface area (Å²) in [5.74, 6) is 0. The molecule has 0 bridgehead atoms. The van der Waals surface area contributed by atoms with Gasteiger partial charge in [-0.05, 0) is 6.92 Å². The summed E-state index contributed by atoms with van der Waals surface area (Å²) in [5, 5.41) is 0. The maximum atomic E-state index is 2.54. The Bertz CT molecular complexity index is 210. The summed E-state index contributed by atoms with van der Waals surface area (Å²) >= 11 is 2.71. The van der Waals surface area contributed by atoms with E-state index in [9.17, 15) is 0 Å².